The highest BCUT2D eigenvalue weighted by Gasteiger charge is 2.32. The Kier molecular flexibility index (Phi) is 4.26. The van der Waals surface area contributed by atoms with Gasteiger partial charge in [-0.25, -0.2) is 0 Å². The number of hydrogen-bond donors (Lipinski definition) is 1. The lowest BCUT2D eigenvalue weighted by Crippen LogP contribution is -2.29. The van der Waals surface area contributed by atoms with Crippen molar-refractivity contribution in [2.24, 2.45) is 0 Å². The molecule has 2 aromatic heterocycles. The molecule has 0 aliphatic carbocycles. The highest BCUT2D eigenvalue weighted by atomic mass is 32.1. The summed E-state index contributed by atoms with van der Waals surface area (Å²) in [7, 11) is 3.82. The van der Waals surface area contributed by atoms with Crippen molar-refractivity contribution in [1.82, 2.24) is 19.9 Å². The predicted octanol–water partition coefficient (Wildman–Crippen LogP) is 2.48. The monoisotopic (exact) mass is 318 g/mol. The van der Waals surface area contributed by atoms with E-state index in [1.807, 2.05) is 19.0 Å². The maximum Gasteiger partial charge on any atom is 0.229 e. The van der Waals surface area contributed by atoms with Crippen LogP contribution in [-0.4, -0.2) is 40.5 Å². The van der Waals surface area contributed by atoms with Gasteiger partial charge in [0.2, 0.25) is 11.9 Å². The first kappa shape index (κ1) is 15.2. The average Bonchev–Trinajstić information content (AvgIpc) is 3.16. The van der Waals surface area contributed by atoms with Crippen molar-refractivity contribution < 1.29 is 0 Å². The molecule has 0 saturated carbocycles. The van der Waals surface area contributed by atoms with Crippen LogP contribution in [0.5, 0.6) is 0 Å². The quantitative estimate of drug-likeness (QED) is 0.934. The van der Waals surface area contributed by atoms with Crippen LogP contribution in [0.4, 0.5) is 11.9 Å². The molecule has 22 heavy (non-hydrogen) atoms. The molecular weight excluding hydrogens is 296 g/mol. The summed E-state index contributed by atoms with van der Waals surface area (Å²) >= 11 is 1.75. The van der Waals surface area contributed by atoms with Gasteiger partial charge in [0.15, 0.2) is 5.82 Å². The number of nitrogens with two attached hydrogens (primary N) is 1. The molecule has 1 fully saturated rings. The average molecular weight is 318 g/mol. The molecule has 1 aliphatic heterocycles. The number of thiophene rings is 1. The summed E-state index contributed by atoms with van der Waals surface area (Å²) in [4.78, 5) is 17.4. The summed E-state index contributed by atoms with van der Waals surface area (Å²) in [6, 6.07) is 2.78. The van der Waals surface area contributed by atoms with Crippen molar-refractivity contribution in [3.8, 4) is 0 Å². The minimum Gasteiger partial charge on any atom is -0.368 e. The Morgan fingerprint density at radius 2 is 2.18 bits per heavy atom. The molecule has 6 nitrogen and oxygen atoms in total. The molecule has 0 radical (unpaired) electrons. The SMILES string of the molecule is C[C@@H](c1nc(N)nc(N(C)C)n1)N1CCC[C@@H]1c1ccsc1. The molecule has 0 bridgehead atoms. The third kappa shape index (κ3) is 2.91. The van der Waals surface area contributed by atoms with Crippen molar-refractivity contribution >= 4 is 23.2 Å². The van der Waals surface area contributed by atoms with Crippen LogP contribution in [0.2, 0.25) is 0 Å². The molecule has 0 unspecified atom stereocenters. The smallest absolute Gasteiger partial charge is 0.229 e. The van der Waals surface area contributed by atoms with E-state index in [0.29, 0.717) is 12.0 Å². The second-order valence-corrected chi connectivity index (χ2v) is 6.65. The van der Waals surface area contributed by atoms with Crippen LogP contribution in [-0.2, 0) is 0 Å². The summed E-state index contributed by atoms with van der Waals surface area (Å²) in [6.45, 7) is 3.21. The molecule has 0 spiro atoms. The standard InChI is InChI=1S/C15H22N6S/c1-10(13-17-14(16)19-15(18-13)20(2)3)21-7-4-5-12(21)11-6-8-22-9-11/h6,8-10,12H,4-5,7H2,1-3H3,(H2,16,17,18,19)/t10-,12+/m0/s1. The third-order valence-electron chi connectivity index (χ3n) is 4.15. The van der Waals surface area contributed by atoms with Crippen LogP contribution >= 0.6 is 11.3 Å². The zero-order valence-corrected chi connectivity index (χ0v) is 14.0. The predicted molar refractivity (Wildman–Crippen MR) is 90.0 cm³/mol. The van der Waals surface area contributed by atoms with Crippen LogP contribution in [0, 0.1) is 0 Å². The summed E-state index contributed by atoms with van der Waals surface area (Å²) in [6.07, 6.45) is 2.38. The molecule has 2 N–H and O–H groups in total. The van der Waals surface area contributed by atoms with Gasteiger partial charge in [0.05, 0.1) is 6.04 Å². The fraction of sp³-hybridized carbons (Fsp3) is 0.533. The Morgan fingerprint density at radius 3 is 2.86 bits per heavy atom. The second kappa shape index (κ2) is 6.18. The van der Waals surface area contributed by atoms with Gasteiger partial charge in [0.25, 0.3) is 0 Å². The topological polar surface area (TPSA) is 71.2 Å². The Bertz CT molecular complexity index is 627. The van der Waals surface area contributed by atoms with Crippen molar-refractivity contribution in [2.75, 3.05) is 31.3 Å². The maximum absolute atomic E-state index is 5.86. The molecule has 2 aromatic rings. The van der Waals surface area contributed by atoms with Gasteiger partial charge in [-0.2, -0.15) is 26.3 Å². The van der Waals surface area contributed by atoms with Crippen molar-refractivity contribution in [3.63, 3.8) is 0 Å². The van der Waals surface area contributed by atoms with Gasteiger partial charge in [0.1, 0.15) is 0 Å². The normalized spacial score (nSPS) is 20.2. The summed E-state index contributed by atoms with van der Waals surface area (Å²) in [5.41, 5.74) is 7.25. The van der Waals surface area contributed by atoms with E-state index in [4.69, 9.17) is 5.73 Å². The molecule has 0 aromatic carbocycles. The van der Waals surface area contributed by atoms with Crippen LogP contribution in [0.1, 0.15) is 43.2 Å². The molecule has 2 atom stereocenters. The number of nitrogen functional groups attached to an aromatic ring is 1. The first-order valence-corrected chi connectivity index (χ1v) is 8.47. The van der Waals surface area contributed by atoms with E-state index >= 15 is 0 Å². The second-order valence-electron chi connectivity index (χ2n) is 5.87. The first-order chi connectivity index (χ1) is 10.6. The highest BCUT2D eigenvalue weighted by Crippen LogP contribution is 2.38. The summed E-state index contributed by atoms with van der Waals surface area (Å²) in [5.74, 6) is 1.64. The van der Waals surface area contributed by atoms with E-state index in [0.717, 1.165) is 12.4 Å². The first-order valence-electron chi connectivity index (χ1n) is 7.53. The van der Waals surface area contributed by atoms with E-state index in [9.17, 15) is 0 Å². The van der Waals surface area contributed by atoms with Crippen LogP contribution < -0.4 is 10.6 Å². The fourth-order valence-corrected chi connectivity index (χ4v) is 3.71. The van der Waals surface area contributed by atoms with Gasteiger partial charge in [-0.15, -0.1) is 0 Å². The molecule has 3 rings (SSSR count). The third-order valence-corrected chi connectivity index (χ3v) is 4.85. The molecule has 118 valence electrons. The number of likely N-dealkylation sites (tertiary alicyclic amines) is 1. The molecule has 7 heteroatoms. The summed E-state index contributed by atoms with van der Waals surface area (Å²) < 4.78 is 0. The van der Waals surface area contributed by atoms with E-state index in [1.54, 1.807) is 11.3 Å². The molecular formula is C15H22N6S. The number of nitrogens with zero attached hydrogens (tertiary/aromatic N) is 5. The summed E-state index contributed by atoms with van der Waals surface area (Å²) in [5, 5.41) is 4.38. The van der Waals surface area contributed by atoms with Crippen molar-refractivity contribution in [2.45, 2.75) is 31.8 Å². The highest BCUT2D eigenvalue weighted by molar-refractivity contribution is 7.07. The van der Waals surface area contributed by atoms with Crippen molar-refractivity contribution in [1.29, 1.82) is 0 Å². The van der Waals surface area contributed by atoms with Gasteiger partial charge < -0.3 is 10.6 Å². The van der Waals surface area contributed by atoms with E-state index < -0.39 is 0 Å². The number of aromatic nitrogens is 3. The van der Waals surface area contributed by atoms with Gasteiger partial charge in [-0.3, -0.25) is 4.90 Å². The van der Waals surface area contributed by atoms with E-state index in [2.05, 4.69) is 43.6 Å². The Hall–Kier alpha value is -1.73. The number of rotatable bonds is 4. The van der Waals surface area contributed by atoms with Crippen molar-refractivity contribution in [3.05, 3.63) is 28.2 Å². The zero-order chi connectivity index (χ0) is 15.7. The molecule has 1 aliphatic rings. The lowest BCUT2D eigenvalue weighted by Gasteiger charge is -2.29. The number of anilines is 2. The Balaban J connectivity index is 1.88. The van der Waals surface area contributed by atoms with Gasteiger partial charge in [-0.05, 0) is 48.7 Å². The zero-order valence-electron chi connectivity index (χ0n) is 13.2. The largest absolute Gasteiger partial charge is 0.368 e. The van der Waals surface area contributed by atoms with Gasteiger partial charge in [0, 0.05) is 20.1 Å². The minimum absolute atomic E-state index is 0.122. The molecule has 3 heterocycles. The van der Waals surface area contributed by atoms with Crippen LogP contribution in [0.3, 0.4) is 0 Å². The lowest BCUT2D eigenvalue weighted by molar-refractivity contribution is 0.187. The molecule has 1 saturated heterocycles. The van der Waals surface area contributed by atoms with Gasteiger partial charge in [-0.1, -0.05) is 0 Å². The van der Waals surface area contributed by atoms with E-state index in [1.165, 1.54) is 18.4 Å². The van der Waals surface area contributed by atoms with Gasteiger partial charge >= 0.3 is 0 Å². The van der Waals surface area contributed by atoms with E-state index in [-0.39, 0.29) is 12.0 Å². The molecule has 0 amide bonds. The Labute approximate surface area is 135 Å². The van der Waals surface area contributed by atoms with Crippen LogP contribution in [0.25, 0.3) is 0 Å². The Morgan fingerprint density at radius 1 is 1.36 bits per heavy atom. The maximum atomic E-state index is 5.86. The fourth-order valence-electron chi connectivity index (χ4n) is 3.01. The minimum atomic E-state index is 0.122. The lowest BCUT2D eigenvalue weighted by atomic mass is 10.1. The van der Waals surface area contributed by atoms with Crippen LogP contribution in [0.15, 0.2) is 16.8 Å². The number of hydrogen-bond acceptors (Lipinski definition) is 7.